The van der Waals surface area contributed by atoms with E-state index in [-0.39, 0.29) is 23.6 Å². The third-order valence-electron chi connectivity index (χ3n) is 3.23. The van der Waals surface area contributed by atoms with Crippen LogP contribution >= 0.6 is 0 Å². The lowest BCUT2D eigenvalue weighted by molar-refractivity contribution is -0.146. The lowest BCUT2D eigenvalue weighted by Crippen LogP contribution is -2.39. The lowest BCUT2D eigenvalue weighted by Gasteiger charge is -2.28. The quantitative estimate of drug-likeness (QED) is 0.795. The average molecular weight is 237 g/mol. The number of esters is 1. The SMILES string of the molecule is COC(=O)[C@@H]1CNC[C@H](c2ccccc2F)C1. The van der Waals surface area contributed by atoms with Gasteiger partial charge in [0.25, 0.3) is 0 Å². The van der Waals surface area contributed by atoms with E-state index < -0.39 is 0 Å². The Hall–Kier alpha value is -1.42. The molecule has 1 saturated heterocycles. The summed E-state index contributed by atoms with van der Waals surface area (Å²) in [6.45, 7) is 1.31. The van der Waals surface area contributed by atoms with Crippen LogP contribution in [0.25, 0.3) is 0 Å². The van der Waals surface area contributed by atoms with Crippen molar-refractivity contribution in [3.05, 3.63) is 35.6 Å². The molecule has 0 saturated carbocycles. The first-order valence-corrected chi connectivity index (χ1v) is 5.75. The second-order valence-corrected chi connectivity index (χ2v) is 4.33. The molecule has 1 N–H and O–H groups in total. The number of carbonyl (C=O) groups is 1. The zero-order chi connectivity index (χ0) is 12.3. The van der Waals surface area contributed by atoms with Crippen molar-refractivity contribution in [1.82, 2.24) is 5.32 Å². The molecule has 0 spiro atoms. The number of piperidine rings is 1. The molecule has 1 aliphatic rings. The predicted octanol–water partition coefficient (Wildman–Crippen LogP) is 1.69. The van der Waals surface area contributed by atoms with Crippen LogP contribution in [0.2, 0.25) is 0 Å². The molecule has 1 aromatic rings. The second-order valence-electron chi connectivity index (χ2n) is 4.33. The number of carbonyl (C=O) groups excluding carboxylic acids is 1. The van der Waals surface area contributed by atoms with Crippen molar-refractivity contribution in [2.45, 2.75) is 12.3 Å². The van der Waals surface area contributed by atoms with E-state index in [2.05, 4.69) is 5.32 Å². The molecular weight excluding hydrogens is 221 g/mol. The Bertz CT molecular complexity index is 408. The fraction of sp³-hybridized carbons (Fsp3) is 0.462. The van der Waals surface area contributed by atoms with Crippen LogP contribution in [0.3, 0.4) is 0 Å². The summed E-state index contributed by atoms with van der Waals surface area (Å²) < 4.78 is 18.4. The molecule has 0 bridgehead atoms. The molecule has 0 radical (unpaired) electrons. The van der Waals surface area contributed by atoms with E-state index in [1.165, 1.54) is 13.2 Å². The minimum absolute atomic E-state index is 0.0362. The van der Waals surface area contributed by atoms with Crippen LogP contribution in [-0.2, 0) is 9.53 Å². The summed E-state index contributed by atoms with van der Waals surface area (Å²) >= 11 is 0. The van der Waals surface area contributed by atoms with E-state index >= 15 is 0 Å². The highest BCUT2D eigenvalue weighted by Crippen LogP contribution is 2.28. The Morgan fingerprint density at radius 1 is 1.41 bits per heavy atom. The second kappa shape index (κ2) is 5.27. The summed E-state index contributed by atoms with van der Waals surface area (Å²) in [4.78, 5) is 11.5. The van der Waals surface area contributed by atoms with E-state index in [9.17, 15) is 9.18 Å². The largest absolute Gasteiger partial charge is 0.469 e. The predicted molar refractivity (Wildman–Crippen MR) is 62.1 cm³/mol. The zero-order valence-electron chi connectivity index (χ0n) is 9.78. The normalized spacial score (nSPS) is 24.4. The van der Waals surface area contributed by atoms with Gasteiger partial charge in [0.05, 0.1) is 13.0 Å². The molecule has 1 aromatic carbocycles. The fourth-order valence-electron chi connectivity index (χ4n) is 2.33. The molecule has 17 heavy (non-hydrogen) atoms. The molecule has 1 aliphatic heterocycles. The topological polar surface area (TPSA) is 38.3 Å². The first kappa shape index (κ1) is 12.0. The highest BCUT2D eigenvalue weighted by atomic mass is 19.1. The summed E-state index contributed by atoms with van der Waals surface area (Å²) in [5, 5.41) is 3.16. The number of halogens is 1. The number of methoxy groups -OCH3 is 1. The van der Waals surface area contributed by atoms with Crippen molar-refractivity contribution >= 4 is 5.97 Å². The summed E-state index contributed by atoms with van der Waals surface area (Å²) in [5.41, 5.74) is 0.675. The van der Waals surface area contributed by atoms with Crippen LogP contribution in [0.4, 0.5) is 4.39 Å². The van der Waals surface area contributed by atoms with E-state index in [1.54, 1.807) is 12.1 Å². The highest BCUT2D eigenvalue weighted by Gasteiger charge is 2.29. The maximum atomic E-state index is 13.6. The minimum atomic E-state index is -0.224. The van der Waals surface area contributed by atoms with Crippen molar-refractivity contribution in [2.75, 3.05) is 20.2 Å². The summed E-state index contributed by atoms with van der Waals surface area (Å²) in [5.74, 6) is -0.573. The Kier molecular flexibility index (Phi) is 3.74. The Balaban J connectivity index is 2.12. The zero-order valence-corrected chi connectivity index (χ0v) is 9.78. The van der Waals surface area contributed by atoms with Gasteiger partial charge in [-0.1, -0.05) is 18.2 Å². The van der Waals surface area contributed by atoms with Gasteiger partial charge in [0.15, 0.2) is 0 Å². The summed E-state index contributed by atoms with van der Waals surface area (Å²) in [6.07, 6.45) is 0.639. The van der Waals surface area contributed by atoms with Crippen molar-refractivity contribution in [2.24, 2.45) is 5.92 Å². The lowest BCUT2D eigenvalue weighted by atomic mass is 9.85. The molecule has 1 heterocycles. The van der Waals surface area contributed by atoms with Crippen LogP contribution < -0.4 is 5.32 Å². The van der Waals surface area contributed by atoms with Crippen molar-refractivity contribution < 1.29 is 13.9 Å². The number of benzene rings is 1. The first-order chi connectivity index (χ1) is 8.22. The van der Waals surface area contributed by atoms with E-state index in [1.807, 2.05) is 6.07 Å². The average Bonchev–Trinajstić information content (AvgIpc) is 2.38. The van der Waals surface area contributed by atoms with Gasteiger partial charge in [0.2, 0.25) is 0 Å². The number of hydrogen-bond acceptors (Lipinski definition) is 3. The van der Waals surface area contributed by atoms with Gasteiger partial charge < -0.3 is 10.1 Å². The molecule has 0 unspecified atom stereocenters. The van der Waals surface area contributed by atoms with Gasteiger partial charge in [0, 0.05) is 19.0 Å². The van der Waals surface area contributed by atoms with Crippen molar-refractivity contribution in [1.29, 1.82) is 0 Å². The van der Waals surface area contributed by atoms with Gasteiger partial charge in [-0.3, -0.25) is 4.79 Å². The number of hydrogen-bond donors (Lipinski definition) is 1. The van der Waals surface area contributed by atoms with Gasteiger partial charge in [-0.05, 0) is 18.1 Å². The third kappa shape index (κ3) is 2.64. The minimum Gasteiger partial charge on any atom is -0.469 e. The number of nitrogens with one attached hydrogen (secondary N) is 1. The smallest absolute Gasteiger partial charge is 0.309 e. The van der Waals surface area contributed by atoms with E-state index in [0.717, 1.165) is 0 Å². The third-order valence-corrected chi connectivity index (χ3v) is 3.23. The van der Waals surface area contributed by atoms with Crippen LogP contribution in [-0.4, -0.2) is 26.2 Å². The number of ether oxygens (including phenoxy) is 1. The Morgan fingerprint density at radius 2 is 2.18 bits per heavy atom. The molecule has 0 aromatic heterocycles. The molecule has 4 heteroatoms. The maximum absolute atomic E-state index is 13.6. The fourth-order valence-corrected chi connectivity index (χ4v) is 2.33. The molecule has 0 aliphatic carbocycles. The molecule has 92 valence electrons. The van der Waals surface area contributed by atoms with Crippen LogP contribution in [0, 0.1) is 11.7 Å². The van der Waals surface area contributed by atoms with Gasteiger partial charge in [-0.25, -0.2) is 4.39 Å². The van der Waals surface area contributed by atoms with Gasteiger partial charge in [-0.2, -0.15) is 0 Å². The standard InChI is InChI=1S/C13H16FNO2/c1-17-13(16)10-6-9(7-15-8-10)11-4-2-3-5-12(11)14/h2-5,9-10,15H,6-8H2,1H3/t9-,10+/m1/s1. The van der Waals surface area contributed by atoms with Crippen LogP contribution in [0.1, 0.15) is 17.9 Å². The van der Waals surface area contributed by atoms with E-state index in [0.29, 0.717) is 25.1 Å². The maximum Gasteiger partial charge on any atom is 0.309 e. The monoisotopic (exact) mass is 237 g/mol. The first-order valence-electron chi connectivity index (χ1n) is 5.75. The van der Waals surface area contributed by atoms with E-state index in [4.69, 9.17) is 4.74 Å². The molecule has 3 nitrogen and oxygen atoms in total. The van der Waals surface area contributed by atoms with Crippen molar-refractivity contribution in [3.63, 3.8) is 0 Å². The molecule has 1 fully saturated rings. The highest BCUT2D eigenvalue weighted by molar-refractivity contribution is 5.72. The summed E-state index contributed by atoms with van der Waals surface area (Å²) in [6, 6.07) is 6.73. The molecular formula is C13H16FNO2. The van der Waals surface area contributed by atoms with Gasteiger partial charge in [0.1, 0.15) is 5.82 Å². The Morgan fingerprint density at radius 3 is 2.88 bits per heavy atom. The number of rotatable bonds is 2. The van der Waals surface area contributed by atoms with Gasteiger partial charge in [-0.15, -0.1) is 0 Å². The molecule has 0 amide bonds. The molecule has 2 atom stereocenters. The van der Waals surface area contributed by atoms with Crippen LogP contribution in [0.5, 0.6) is 0 Å². The van der Waals surface area contributed by atoms with Crippen molar-refractivity contribution in [3.8, 4) is 0 Å². The van der Waals surface area contributed by atoms with Crippen LogP contribution in [0.15, 0.2) is 24.3 Å². The Labute approximate surface area is 100.0 Å². The molecule has 2 rings (SSSR count). The van der Waals surface area contributed by atoms with Gasteiger partial charge >= 0.3 is 5.97 Å². The summed E-state index contributed by atoms with van der Waals surface area (Å²) in [7, 11) is 1.38.